The average molecular weight is 244 g/mol. The van der Waals surface area contributed by atoms with E-state index < -0.39 is 29.2 Å². The summed E-state index contributed by atoms with van der Waals surface area (Å²) >= 11 is 0. The van der Waals surface area contributed by atoms with Crippen molar-refractivity contribution in [3.05, 3.63) is 0 Å². The molecule has 0 amide bonds. The van der Waals surface area contributed by atoms with Crippen molar-refractivity contribution in [3.8, 4) is 0 Å². The fraction of sp³-hybridized carbons (Fsp3) is 0.727. The van der Waals surface area contributed by atoms with Crippen LogP contribution in [-0.2, 0) is 23.9 Å². The quantitative estimate of drug-likeness (QED) is 0.576. The van der Waals surface area contributed by atoms with Crippen molar-refractivity contribution in [1.82, 2.24) is 0 Å². The third-order valence-corrected chi connectivity index (χ3v) is 3.60. The molecule has 0 bridgehead atoms. The van der Waals surface area contributed by atoms with Crippen LogP contribution >= 0.6 is 0 Å². The molecule has 2 N–H and O–H groups in total. The van der Waals surface area contributed by atoms with Gasteiger partial charge in [0.05, 0.1) is 12.2 Å². The van der Waals surface area contributed by atoms with Crippen molar-refractivity contribution in [3.63, 3.8) is 0 Å². The molecule has 2 rings (SSSR count). The Balaban J connectivity index is 0.00000144. The van der Waals surface area contributed by atoms with E-state index in [1.807, 2.05) is 0 Å². The zero-order valence-corrected chi connectivity index (χ0v) is 9.76. The van der Waals surface area contributed by atoms with Crippen molar-refractivity contribution in [2.24, 2.45) is 11.8 Å². The summed E-state index contributed by atoms with van der Waals surface area (Å²) in [5, 5.41) is 0. The fourth-order valence-electron chi connectivity index (χ4n) is 2.67. The minimum atomic E-state index is -0.846. The van der Waals surface area contributed by atoms with Crippen LogP contribution in [0.15, 0.2) is 0 Å². The molecule has 17 heavy (non-hydrogen) atoms. The standard InChI is InChI=1S/C11H14O5.H2O/c1-15-7-3-5-6(4-8(7)16-2)10(13)11(14)9(5)12;/h5-8H,3-4H2,1-2H3;1H2. The first-order chi connectivity index (χ1) is 7.60. The lowest BCUT2D eigenvalue weighted by Gasteiger charge is -2.34. The number of hydrogen-bond donors (Lipinski definition) is 0. The first kappa shape index (κ1) is 14.0. The van der Waals surface area contributed by atoms with Gasteiger partial charge in [0.25, 0.3) is 5.78 Å². The number of carbonyl (C=O) groups is 3. The molecule has 0 spiro atoms. The molecule has 4 unspecified atom stereocenters. The number of methoxy groups -OCH3 is 2. The zero-order chi connectivity index (χ0) is 11.9. The summed E-state index contributed by atoms with van der Waals surface area (Å²) < 4.78 is 10.4. The van der Waals surface area contributed by atoms with E-state index in [2.05, 4.69) is 0 Å². The second-order valence-electron chi connectivity index (χ2n) is 4.29. The molecule has 2 aliphatic carbocycles. The Morgan fingerprint density at radius 3 is 1.53 bits per heavy atom. The van der Waals surface area contributed by atoms with Crippen LogP contribution in [0.4, 0.5) is 0 Å². The number of rotatable bonds is 2. The predicted octanol–water partition coefficient (Wildman–Crippen LogP) is -1.06. The van der Waals surface area contributed by atoms with Gasteiger partial charge in [-0.3, -0.25) is 14.4 Å². The van der Waals surface area contributed by atoms with Gasteiger partial charge in [0.1, 0.15) is 0 Å². The van der Waals surface area contributed by atoms with Crippen molar-refractivity contribution < 1.29 is 29.3 Å². The van der Waals surface area contributed by atoms with Crippen molar-refractivity contribution in [2.75, 3.05) is 14.2 Å². The highest BCUT2D eigenvalue weighted by Gasteiger charge is 2.53. The van der Waals surface area contributed by atoms with Gasteiger partial charge in [0, 0.05) is 26.1 Å². The second kappa shape index (κ2) is 5.03. The summed E-state index contributed by atoms with van der Waals surface area (Å²) in [6.07, 6.45) is 0.370. The Morgan fingerprint density at radius 2 is 1.24 bits per heavy atom. The lowest BCUT2D eigenvalue weighted by Crippen LogP contribution is -2.42. The Hall–Kier alpha value is -1.11. The van der Waals surface area contributed by atoms with Crippen LogP contribution in [-0.4, -0.2) is 49.3 Å². The van der Waals surface area contributed by atoms with Gasteiger partial charge in [-0.15, -0.1) is 0 Å². The Morgan fingerprint density at radius 1 is 0.882 bits per heavy atom. The molecule has 2 saturated carbocycles. The van der Waals surface area contributed by atoms with Gasteiger partial charge in [-0.25, -0.2) is 0 Å². The summed E-state index contributed by atoms with van der Waals surface area (Å²) in [5.74, 6) is -2.92. The van der Waals surface area contributed by atoms with E-state index in [0.29, 0.717) is 12.8 Å². The Labute approximate surface area is 98.6 Å². The molecule has 0 saturated heterocycles. The summed E-state index contributed by atoms with van der Waals surface area (Å²) in [4.78, 5) is 34.4. The molecule has 0 aromatic heterocycles. The van der Waals surface area contributed by atoms with Crippen LogP contribution in [0.2, 0.25) is 0 Å². The molecular formula is C11H16O6. The number of ketones is 3. The van der Waals surface area contributed by atoms with E-state index in [1.54, 1.807) is 14.2 Å². The molecule has 0 radical (unpaired) electrons. The van der Waals surface area contributed by atoms with Crippen LogP contribution in [0, 0.1) is 11.8 Å². The minimum Gasteiger partial charge on any atom is -0.412 e. The van der Waals surface area contributed by atoms with Crippen molar-refractivity contribution in [1.29, 1.82) is 0 Å². The van der Waals surface area contributed by atoms with E-state index in [4.69, 9.17) is 9.47 Å². The average Bonchev–Trinajstić information content (AvgIpc) is 2.52. The maximum absolute atomic E-state index is 11.5. The molecule has 6 nitrogen and oxygen atoms in total. The van der Waals surface area contributed by atoms with Crippen LogP contribution in [0.1, 0.15) is 12.8 Å². The topological polar surface area (TPSA) is 101 Å². The van der Waals surface area contributed by atoms with Gasteiger partial charge in [0.2, 0.25) is 11.6 Å². The molecule has 4 atom stereocenters. The SMILES string of the molecule is COC1CC2C(=O)C(=O)C(=O)C2CC1OC.O. The molecule has 0 heterocycles. The lowest BCUT2D eigenvalue weighted by atomic mass is 9.78. The fourth-order valence-corrected chi connectivity index (χ4v) is 2.67. The maximum Gasteiger partial charge on any atom is 0.264 e. The Bertz CT molecular complexity index is 318. The first-order valence-electron chi connectivity index (χ1n) is 5.28. The van der Waals surface area contributed by atoms with Gasteiger partial charge >= 0.3 is 0 Å². The smallest absolute Gasteiger partial charge is 0.264 e. The summed E-state index contributed by atoms with van der Waals surface area (Å²) in [5.41, 5.74) is 0. The zero-order valence-electron chi connectivity index (χ0n) is 9.76. The van der Waals surface area contributed by atoms with E-state index in [0.717, 1.165) is 0 Å². The van der Waals surface area contributed by atoms with E-state index in [9.17, 15) is 14.4 Å². The third-order valence-electron chi connectivity index (χ3n) is 3.60. The molecule has 2 aliphatic rings. The summed E-state index contributed by atoms with van der Waals surface area (Å²) in [7, 11) is 3.08. The molecule has 0 aliphatic heterocycles. The van der Waals surface area contributed by atoms with Crippen LogP contribution in [0.5, 0.6) is 0 Å². The van der Waals surface area contributed by atoms with Gasteiger partial charge in [0.15, 0.2) is 0 Å². The number of Topliss-reactive ketones (excluding diaryl/α,β-unsaturated/α-hetero) is 3. The molecule has 6 heteroatoms. The van der Waals surface area contributed by atoms with E-state index in [1.165, 1.54) is 0 Å². The largest absolute Gasteiger partial charge is 0.412 e. The van der Waals surface area contributed by atoms with Crippen LogP contribution in [0.25, 0.3) is 0 Å². The molecule has 2 fully saturated rings. The number of ether oxygens (including phenoxy) is 2. The highest BCUT2D eigenvalue weighted by Crippen LogP contribution is 2.38. The third kappa shape index (κ3) is 2.03. The van der Waals surface area contributed by atoms with Crippen LogP contribution < -0.4 is 0 Å². The number of hydrogen-bond acceptors (Lipinski definition) is 5. The van der Waals surface area contributed by atoms with Gasteiger partial charge < -0.3 is 14.9 Å². The van der Waals surface area contributed by atoms with Gasteiger partial charge in [-0.2, -0.15) is 0 Å². The maximum atomic E-state index is 11.5. The molecule has 0 aromatic carbocycles. The van der Waals surface area contributed by atoms with Crippen molar-refractivity contribution in [2.45, 2.75) is 25.0 Å². The highest BCUT2D eigenvalue weighted by molar-refractivity contribution is 6.68. The van der Waals surface area contributed by atoms with E-state index in [-0.39, 0.29) is 17.7 Å². The number of fused-ring (bicyclic) bond motifs is 1. The minimum absolute atomic E-state index is 0. The lowest BCUT2D eigenvalue weighted by molar-refractivity contribution is -0.141. The van der Waals surface area contributed by atoms with Gasteiger partial charge in [-0.05, 0) is 12.8 Å². The van der Waals surface area contributed by atoms with Crippen LogP contribution in [0.3, 0.4) is 0 Å². The molecular weight excluding hydrogens is 228 g/mol. The summed E-state index contributed by atoms with van der Waals surface area (Å²) in [6, 6.07) is 0. The number of carbonyl (C=O) groups excluding carboxylic acids is 3. The molecule has 96 valence electrons. The highest BCUT2D eigenvalue weighted by atomic mass is 16.5. The molecule has 0 aromatic rings. The predicted molar refractivity (Wildman–Crippen MR) is 56.4 cm³/mol. The summed E-state index contributed by atoms with van der Waals surface area (Å²) in [6.45, 7) is 0. The normalized spacial score (nSPS) is 36.7. The first-order valence-corrected chi connectivity index (χ1v) is 5.28. The van der Waals surface area contributed by atoms with Gasteiger partial charge in [-0.1, -0.05) is 0 Å². The second-order valence-corrected chi connectivity index (χ2v) is 4.29. The monoisotopic (exact) mass is 244 g/mol. The van der Waals surface area contributed by atoms with Crippen molar-refractivity contribution >= 4 is 17.3 Å². The Kier molecular flexibility index (Phi) is 4.13. The van der Waals surface area contributed by atoms with E-state index >= 15 is 0 Å².